The maximum Gasteiger partial charge on any atom is 0.263 e. The normalized spacial score (nSPS) is 10.5. The molecule has 7 heteroatoms. The summed E-state index contributed by atoms with van der Waals surface area (Å²) in [5.74, 6) is 1.35. The second kappa shape index (κ2) is 9.03. The molecular formula is C21H23N3O4. The predicted octanol–water partition coefficient (Wildman–Crippen LogP) is 4.16. The molecule has 0 saturated heterocycles. The van der Waals surface area contributed by atoms with Crippen LogP contribution in [0.25, 0.3) is 11.3 Å². The van der Waals surface area contributed by atoms with E-state index in [-0.39, 0.29) is 18.3 Å². The van der Waals surface area contributed by atoms with E-state index >= 15 is 0 Å². The van der Waals surface area contributed by atoms with E-state index < -0.39 is 0 Å². The van der Waals surface area contributed by atoms with E-state index in [1.165, 1.54) is 0 Å². The van der Waals surface area contributed by atoms with E-state index in [9.17, 15) is 4.79 Å². The van der Waals surface area contributed by atoms with Crippen molar-refractivity contribution >= 4 is 11.7 Å². The van der Waals surface area contributed by atoms with Gasteiger partial charge in [0.05, 0.1) is 6.61 Å². The molecule has 1 aromatic heterocycles. The topological polar surface area (TPSA) is 86.5 Å². The molecule has 1 amide bonds. The van der Waals surface area contributed by atoms with Gasteiger partial charge in [0.15, 0.2) is 12.3 Å². The molecule has 1 heterocycles. The maximum atomic E-state index is 12.3. The predicted molar refractivity (Wildman–Crippen MR) is 106 cm³/mol. The highest BCUT2D eigenvalue weighted by Crippen LogP contribution is 2.26. The van der Waals surface area contributed by atoms with Crippen molar-refractivity contribution in [2.75, 3.05) is 18.5 Å². The average molecular weight is 381 g/mol. The smallest absolute Gasteiger partial charge is 0.263 e. The number of anilines is 1. The summed E-state index contributed by atoms with van der Waals surface area (Å²) in [6.07, 6.45) is 0.940. The Morgan fingerprint density at radius 1 is 1.07 bits per heavy atom. The van der Waals surface area contributed by atoms with Crippen molar-refractivity contribution in [2.45, 2.75) is 27.2 Å². The second-order valence-corrected chi connectivity index (χ2v) is 6.37. The first-order valence-corrected chi connectivity index (χ1v) is 9.13. The van der Waals surface area contributed by atoms with Crippen LogP contribution in [0.5, 0.6) is 11.5 Å². The van der Waals surface area contributed by atoms with Crippen LogP contribution in [0.2, 0.25) is 0 Å². The zero-order chi connectivity index (χ0) is 19.9. The lowest BCUT2D eigenvalue weighted by Crippen LogP contribution is -2.21. The Hall–Kier alpha value is -3.35. The quantitative estimate of drug-likeness (QED) is 0.630. The van der Waals surface area contributed by atoms with Crippen LogP contribution in [0.4, 0.5) is 5.82 Å². The molecule has 3 rings (SSSR count). The molecule has 2 aromatic carbocycles. The van der Waals surface area contributed by atoms with Crippen molar-refractivity contribution < 1.29 is 18.9 Å². The average Bonchev–Trinajstić information content (AvgIpc) is 3.16. The number of benzene rings is 2. The summed E-state index contributed by atoms with van der Waals surface area (Å²) >= 11 is 0. The summed E-state index contributed by atoms with van der Waals surface area (Å²) in [5.41, 5.74) is 3.31. The van der Waals surface area contributed by atoms with E-state index in [1.54, 1.807) is 0 Å². The van der Waals surface area contributed by atoms with Crippen molar-refractivity contribution in [1.82, 2.24) is 10.3 Å². The molecule has 0 fully saturated rings. The van der Waals surface area contributed by atoms with Crippen molar-refractivity contribution in [2.24, 2.45) is 0 Å². The lowest BCUT2D eigenvalue weighted by molar-refractivity contribution is -0.118. The molecule has 0 spiro atoms. The molecule has 7 nitrogen and oxygen atoms in total. The third kappa shape index (κ3) is 4.68. The third-order valence-corrected chi connectivity index (χ3v) is 4.26. The van der Waals surface area contributed by atoms with Gasteiger partial charge in [-0.3, -0.25) is 4.79 Å². The minimum Gasteiger partial charge on any atom is -0.494 e. The number of carbonyl (C=O) groups excluding carboxylic acids is 1. The molecule has 0 aliphatic heterocycles. The highest BCUT2D eigenvalue weighted by atomic mass is 16.6. The Balaban J connectivity index is 1.63. The highest BCUT2D eigenvalue weighted by Gasteiger charge is 2.16. The van der Waals surface area contributed by atoms with Gasteiger partial charge in [-0.1, -0.05) is 19.1 Å². The first kappa shape index (κ1) is 19.4. The molecule has 0 aliphatic carbocycles. The molecule has 0 aliphatic rings. The first-order chi connectivity index (χ1) is 13.6. The fraction of sp³-hybridized carbons (Fsp3) is 0.286. The molecule has 0 atom stereocenters. The minimum absolute atomic E-state index is 0.139. The van der Waals surface area contributed by atoms with Crippen molar-refractivity contribution in [3.63, 3.8) is 0 Å². The number of hydrogen-bond acceptors (Lipinski definition) is 6. The van der Waals surface area contributed by atoms with E-state index in [0.717, 1.165) is 28.9 Å². The number of nitrogens with one attached hydrogen (secondary N) is 1. The molecule has 28 heavy (non-hydrogen) atoms. The van der Waals surface area contributed by atoms with Gasteiger partial charge < -0.3 is 14.8 Å². The number of aryl methyl sites for hydroxylation is 1. The monoisotopic (exact) mass is 381 g/mol. The second-order valence-electron chi connectivity index (χ2n) is 6.37. The van der Waals surface area contributed by atoms with E-state index in [1.807, 2.05) is 63.2 Å². The highest BCUT2D eigenvalue weighted by molar-refractivity contribution is 5.94. The molecule has 3 aromatic rings. The van der Waals surface area contributed by atoms with Gasteiger partial charge in [0.2, 0.25) is 5.82 Å². The number of aromatic nitrogens is 2. The number of ether oxygens (including phenoxy) is 2. The van der Waals surface area contributed by atoms with E-state index in [2.05, 4.69) is 15.6 Å². The van der Waals surface area contributed by atoms with Gasteiger partial charge in [-0.2, -0.15) is 0 Å². The fourth-order valence-electron chi connectivity index (χ4n) is 2.58. The van der Waals surface area contributed by atoms with Crippen molar-refractivity contribution in [1.29, 1.82) is 0 Å². The number of nitrogens with zero attached hydrogens (tertiary/aromatic N) is 2. The molecule has 1 N–H and O–H groups in total. The van der Waals surface area contributed by atoms with Crippen LogP contribution in [-0.4, -0.2) is 29.4 Å². The first-order valence-electron chi connectivity index (χ1n) is 9.13. The van der Waals surface area contributed by atoms with Gasteiger partial charge in [-0.25, -0.2) is 4.63 Å². The van der Waals surface area contributed by atoms with Gasteiger partial charge in [0, 0.05) is 5.56 Å². The summed E-state index contributed by atoms with van der Waals surface area (Å²) < 4.78 is 16.0. The summed E-state index contributed by atoms with van der Waals surface area (Å²) in [6, 6.07) is 13.1. The van der Waals surface area contributed by atoms with Crippen LogP contribution >= 0.6 is 0 Å². The van der Waals surface area contributed by atoms with E-state index in [4.69, 9.17) is 14.1 Å². The molecular weight excluding hydrogens is 358 g/mol. The number of rotatable bonds is 8. The van der Waals surface area contributed by atoms with Crippen LogP contribution < -0.4 is 14.8 Å². The van der Waals surface area contributed by atoms with Crippen molar-refractivity contribution in [3.8, 4) is 22.8 Å². The maximum absolute atomic E-state index is 12.3. The van der Waals surface area contributed by atoms with Crippen molar-refractivity contribution in [3.05, 3.63) is 53.6 Å². The molecule has 0 unspecified atom stereocenters. The van der Waals surface area contributed by atoms with E-state index in [0.29, 0.717) is 18.1 Å². The Morgan fingerprint density at radius 3 is 2.61 bits per heavy atom. The largest absolute Gasteiger partial charge is 0.494 e. The molecule has 0 saturated carbocycles. The lowest BCUT2D eigenvalue weighted by atomic mass is 10.1. The Kier molecular flexibility index (Phi) is 6.26. The van der Waals surface area contributed by atoms with Gasteiger partial charge in [0.1, 0.15) is 11.5 Å². The summed E-state index contributed by atoms with van der Waals surface area (Å²) in [6.45, 7) is 6.52. The van der Waals surface area contributed by atoms with Gasteiger partial charge >= 0.3 is 0 Å². The number of hydrogen-bond donors (Lipinski definition) is 1. The summed E-state index contributed by atoms with van der Waals surface area (Å²) in [4.78, 5) is 12.3. The lowest BCUT2D eigenvalue weighted by Gasteiger charge is -2.10. The van der Waals surface area contributed by atoms with Crippen LogP contribution in [0.15, 0.2) is 47.1 Å². The fourth-order valence-corrected chi connectivity index (χ4v) is 2.58. The van der Waals surface area contributed by atoms with Crippen LogP contribution in [0.3, 0.4) is 0 Å². The number of amides is 1. The zero-order valence-corrected chi connectivity index (χ0v) is 16.2. The standard InChI is InChI=1S/C21H23N3O4/c1-4-12-26-17-10-8-16(9-11-17)20-21(24-28-23-20)22-19(25)13-27-18-7-5-6-14(2)15(18)3/h5-11H,4,12-13H2,1-3H3,(H,22,24,25). The molecule has 0 radical (unpaired) electrons. The third-order valence-electron chi connectivity index (χ3n) is 4.26. The Morgan fingerprint density at radius 2 is 1.86 bits per heavy atom. The molecule has 0 bridgehead atoms. The Bertz CT molecular complexity index is 935. The van der Waals surface area contributed by atoms with Crippen LogP contribution in [0.1, 0.15) is 24.5 Å². The minimum atomic E-state index is -0.347. The summed E-state index contributed by atoms with van der Waals surface area (Å²) in [7, 11) is 0. The van der Waals surface area contributed by atoms with Gasteiger partial charge in [-0.05, 0) is 72.0 Å². The van der Waals surface area contributed by atoms with Crippen LogP contribution in [-0.2, 0) is 4.79 Å². The van der Waals surface area contributed by atoms with Crippen LogP contribution in [0, 0.1) is 13.8 Å². The molecule has 146 valence electrons. The summed E-state index contributed by atoms with van der Waals surface area (Å²) in [5, 5.41) is 10.4. The Labute approximate surface area is 163 Å². The van der Waals surface area contributed by atoms with Gasteiger partial charge in [0.25, 0.3) is 5.91 Å². The van der Waals surface area contributed by atoms with Gasteiger partial charge in [-0.15, -0.1) is 0 Å². The SMILES string of the molecule is CCCOc1ccc(-c2nonc2NC(=O)COc2cccc(C)c2C)cc1. The zero-order valence-electron chi connectivity index (χ0n) is 16.2. The number of carbonyl (C=O) groups is 1.